The molecule has 0 saturated heterocycles. The van der Waals surface area contributed by atoms with Crippen molar-refractivity contribution in [1.82, 2.24) is 15.0 Å². The number of hydrogen-bond acceptors (Lipinski definition) is 8. The summed E-state index contributed by atoms with van der Waals surface area (Å²) in [6.45, 7) is 0.539. The van der Waals surface area contributed by atoms with Crippen LogP contribution in [0.15, 0.2) is 79.1 Å². The number of benzene rings is 3. The zero-order valence-corrected chi connectivity index (χ0v) is 24.1. The molecule has 0 fully saturated rings. The predicted octanol–water partition coefficient (Wildman–Crippen LogP) is 6.92. The smallest absolute Gasteiger partial charge is 0.490 e. The maximum atomic E-state index is 10.6. The van der Waals surface area contributed by atoms with Crippen molar-refractivity contribution in [2.75, 3.05) is 19.0 Å². The molecule has 1 aliphatic rings. The van der Waals surface area contributed by atoms with Crippen LogP contribution in [0.3, 0.4) is 0 Å². The number of carbonyl (C=O) groups is 2. The summed E-state index contributed by atoms with van der Waals surface area (Å²) in [7, 11) is 1.68. The standard InChI is InChI=1S/C27H22N4O2.2C2HF3O2/c1-32-20-9-10-25-18(14-20)13-19(16-33-25)26-29-24-7-3-2-6-22(24)27(31-26)30-23-8-4-5-17-15-28-12-11-21(17)23;2*3-2(4,5)1(6)7/h2-12,14-15,19H,13,16H2,1H3,(H,29,30,31);2*(H,6,7). The molecule has 2 aromatic heterocycles. The second kappa shape index (κ2) is 14.2. The molecule has 6 rings (SSSR count). The van der Waals surface area contributed by atoms with E-state index < -0.39 is 24.3 Å². The van der Waals surface area contributed by atoms with Gasteiger partial charge in [0.25, 0.3) is 0 Å². The number of nitrogens with one attached hydrogen (secondary N) is 1. The maximum absolute atomic E-state index is 10.6. The third-order valence-corrected chi connectivity index (χ3v) is 6.58. The highest BCUT2D eigenvalue weighted by Crippen LogP contribution is 2.36. The fourth-order valence-corrected chi connectivity index (χ4v) is 4.40. The number of hydrogen-bond donors (Lipinski definition) is 3. The number of anilines is 2. The number of halogens is 6. The average Bonchev–Trinajstić information content (AvgIpc) is 3.04. The van der Waals surface area contributed by atoms with Crippen molar-refractivity contribution in [3.63, 3.8) is 0 Å². The largest absolute Gasteiger partial charge is 0.497 e. The highest BCUT2D eigenvalue weighted by Gasteiger charge is 2.39. The van der Waals surface area contributed by atoms with Crippen molar-refractivity contribution in [3.8, 4) is 11.5 Å². The van der Waals surface area contributed by atoms with Gasteiger partial charge < -0.3 is 25.0 Å². The van der Waals surface area contributed by atoms with Gasteiger partial charge in [0, 0.05) is 34.2 Å². The van der Waals surface area contributed by atoms with Crippen molar-refractivity contribution in [1.29, 1.82) is 0 Å². The highest BCUT2D eigenvalue weighted by molar-refractivity contribution is 5.98. The molecule has 0 aliphatic carbocycles. The molecule has 0 bridgehead atoms. The van der Waals surface area contributed by atoms with Gasteiger partial charge in [0.05, 0.1) is 25.2 Å². The Balaban J connectivity index is 0.000000301. The van der Waals surface area contributed by atoms with Crippen molar-refractivity contribution in [2.45, 2.75) is 24.7 Å². The van der Waals surface area contributed by atoms with Gasteiger partial charge in [-0.1, -0.05) is 24.3 Å². The fourth-order valence-electron chi connectivity index (χ4n) is 4.40. The predicted molar refractivity (Wildman–Crippen MR) is 157 cm³/mol. The van der Waals surface area contributed by atoms with Gasteiger partial charge in [0.2, 0.25) is 0 Å². The number of aliphatic carboxylic acids is 2. The molecule has 5 aromatic rings. The Kier molecular flexibility index (Phi) is 10.3. The van der Waals surface area contributed by atoms with Crippen LogP contribution in [-0.4, -0.2) is 63.2 Å². The summed E-state index contributed by atoms with van der Waals surface area (Å²) in [5.74, 6) is -2.19. The second-order valence-corrected chi connectivity index (χ2v) is 9.77. The number of ether oxygens (including phenoxy) is 2. The molecule has 1 atom stereocenters. The van der Waals surface area contributed by atoms with E-state index in [-0.39, 0.29) is 5.92 Å². The first-order valence-corrected chi connectivity index (χ1v) is 13.4. The molecule has 0 spiro atoms. The maximum Gasteiger partial charge on any atom is 0.490 e. The third-order valence-electron chi connectivity index (χ3n) is 6.58. The van der Waals surface area contributed by atoms with Crippen LogP contribution in [0, 0.1) is 0 Å². The van der Waals surface area contributed by atoms with Crippen molar-refractivity contribution < 1.29 is 55.6 Å². The van der Waals surface area contributed by atoms with E-state index in [0.717, 1.165) is 62.5 Å². The van der Waals surface area contributed by atoms with Crippen LogP contribution in [0.25, 0.3) is 21.7 Å². The molecule has 47 heavy (non-hydrogen) atoms. The molecule has 0 radical (unpaired) electrons. The first-order chi connectivity index (χ1) is 22.2. The lowest BCUT2D eigenvalue weighted by atomic mass is 9.95. The lowest BCUT2D eigenvalue weighted by molar-refractivity contribution is -0.193. The van der Waals surface area contributed by atoms with Crippen molar-refractivity contribution in [2.24, 2.45) is 0 Å². The minimum absolute atomic E-state index is 0.0477. The van der Waals surface area contributed by atoms with Gasteiger partial charge in [-0.2, -0.15) is 26.3 Å². The van der Waals surface area contributed by atoms with Crippen LogP contribution in [0.2, 0.25) is 0 Å². The van der Waals surface area contributed by atoms with E-state index in [0.29, 0.717) is 6.61 Å². The SMILES string of the molecule is COc1ccc2c(c1)CC(c1nc(Nc3cccc4cnccc34)c3ccccc3n1)CO2.O=C(O)C(F)(F)F.O=C(O)C(F)(F)F. The number of methoxy groups -OCH3 is 1. The Morgan fingerprint density at radius 2 is 1.57 bits per heavy atom. The Morgan fingerprint density at radius 1 is 0.894 bits per heavy atom. The molecular weight excluding hydrogens is 638 g/mol. The van der Waals surface area contributed by atoms with E-state index in [1.54, 1.807) is 7.11 Å². The first-order valence-electron chi connectivity index (χ1n) is 13.4. The number of pyridine rings is 1. The molecule has 0 amide bonds. The zero-order chi connectivity index (χ0) is 34.4. The van der Waals surface area contributed by atoms with E-state index in [9.17, 15) is 26.3 Å². The molecule has 0 saturated carbocycles. The average molecular weight is 663 g/mol. The molecule has 16 heteroatoms. The Labute approximate surface area is 261 Å². The molecule has 3 N–H and O–H groups in total. The summed E-state index contributed by atoms with van der Waals surface area (Å²) in [5.41, 5.74) is 3.00. The summed E-state index contributed by atoms with van der Waals surface area (Å²) in [6, 6.07) is 22.2. The van der Waals surface area contributed by atoms with Gasteiger partial charge in [-0.15, -0.1) is 0 Å². The minimum Gasteiger partial charge on any atom is -0.497 e. The minimum atomic E-state index is -5.08. The number of carboxylic acids is 2. The molecule has 1 unspecified atom stereocenters. The van der Waals surface area contributed by atoms with Gasteiger partial charge >= 0.3 is 24.3 Å². The molecule has 3 heterocycles. The number of alkyl halides is 6. The van der Waals surface area contributed by atoms with E-state index in [1.807, 2.05) is 67.0 Å². The molecular formula is C31H24F6N4O6. The van der Waals surface area contributed by atoms with Crippen LogP contribution in [0.4, 0.5) is 37.8 Å². The van der Waals surface area contributed by atoms with Gasteiger partial charge in [-0.3, -0.25) is 4.98 Å². The van der Waals surface area contributed by atoms with Crippen molar-refractivity contribution >= 4 is 45.1 Å². The lowest BCUT2D eigenvalue weighted by Gasteiger charge is -2.25. The van der Waals surface area contributed by atoms with E-state index in [2.05, 4.69) is 22.4 Å². The molecule has 10 nitrogen and oxygen atoms in total. The first kappa shape index (κ1) is 34.2. The van der Waals surface area contributed by atoms with E-state index in [1.165, 1.54) is 0 Å². The lowest BCUT2D eigenvalue weighted by Crippen LogP contribution is -2.21. The summed E-state index contributed by atoms with van der Waals surface area (Å²) < 4.78 is 74.9. The normalized spacial score (nSPS) is 14.0. The van der Waals surface area contributed by atoms with Crippen LogP contribution in [-0.2, 0) is 16.0 Å². The summed E-state index contributed by atoms with van der Waals surface area (Å²) in [6.07, 6.45) is -5.69. The van der Waals surface area contributed by atoms with Gasteiger partial charge in [0.15, 0.2) is 0 Å². The number of fused-ring (bicyclic) bond motifs is 3. The number of rotatable bonds is 4. The summed E-state index contributed by atoms with van der Waals surface area (Å²) in [5, 5.41) is 21.0. The van der Waals surface area contributed by atoms with Crippen molar-refractivity contribution in [3.05, 3.63) is 90.5 Å². The van der Waals surface area contributed by atoms with Crippen LogP contribution < -0.4 is 14.8 Å². The number of carboxylic acid groups (broad SMARTS) is 2. The quantitative estimate of drug-likeness (QED) is 0.174. The number of para-hydroxylation sites is 1. The number of aromatic nitrogens is 3. The molecule has 1 aliphatic heterocycles. The summed E-state index contributed by atoms with van der Waals surface area (Å²) in [4.78, 5) is 31.9. The van der Waals surface area contributed by atoms with E-state index in [4.69, 9.17) is 39.2 Å². The fraction of sp³-hybridized carbons (Fsp3) is 0.194. The van der Waals surface area contributed by atoms with Crippen LogP contribution >= 0.6 is 0 Å². The van der Waals surface area contributed by atoms with Crippen LogP contribution in [0.1, 0.15) is 17.3 Å². The monoisotopic (exact) mass is 662 g/mol. The Morgan fingerprint density at radius 3 is 2.23 bits per heavy atom. The second-order valence-electron chi connectivity index (χ2n) is 9.77. The molecule has 246 valence electrons. The highest BCUT2D eigenvalue weighted by atomic mass is 19.4. The molecule has 3 aromatic carbocycles. The Bertz CT molecular complexity index is 1870. The van der Waals surface area contributed by atoms with Gasteiger partial charge in [-0.25, -0.2) is 19.6 Å². The summed E-state index contributed by atoms with van der Waals surface area (Å²) >= 11 is 0. The zero-order valence-electron chi connectivity index (χ0n) is 24.1. The van der Waals surface area contributed by atoms with Gasteiger partial charge in [0.1, 0.15) is 23.1 Å². The third kappa shape index (κ3) is 8.74. The topological polar surface area (TPSA) is 144 Å². The van der Waals surface area contributed by atoms with Crippen LogP contribution in [0.5, 0.6) is 11.5 Å². The van der Waals surface area contributed by atoms with E-state index >= 15 is 0 Å². The Hall–Kier alpha value is -5.67. The number of nitrogens with zero attached hydrogens (tertiary/aromatic N) is 3. The van der Waals surface area contributed by atoms with Gasteiger partial charge in [-0.05, 0) is 54.4 Å².